The quantitative estimate of drug-likeness (QED) is 0.364. The largest absolute Gasteiger partial charge is 0.478 e. The van der Waals surface area contributed by atoms with Crippen molar-refractivity contribution >= 4 is 32.5 Å². The van der Waals surface area contributed by atoms with Crippen molar-refractivity contribution in [2.24, 2.45) is 5.84 Å². The zero-order valence-electron chi connectivity index (χ0n) is 12.8. The van der Waals surface area contributed by atoms with Gasteiger partial charge in [0.05, 0.1) is 11.3 Å². The van der Waals surface area contributed by atoms with Crippen LogP contribution < -0.4 is 15.5 Å². The van der Waals surface area contributed by atoms with Crippen molar-refractivity contribution in [3.05, 3.63) is 66.2 Å². The molecule has 0 saturated heterocycles. The SMILES string of the molecule is NNc1ccccc1OS(=O)(=O)c1cc(C(=O)O)cc2ccccc12. The van der Waals surface area contributed by atoms with E-state index in [0.29, 0.717) is 10.8 Å². The number of carbonyl (C=O) groups is 1. The first-order valence-electron chi connectivity index (χ1n) is 7.18. The molecular weight excluding hydrogens is 344 g/mol. The summed E-state index contributed by atoms with van der Waals surface area (Å²) in [6.45, 7) is 0. The first kappa shape index (κ1) is 16.7. The zero-order valence-corrected chi connectivity index (χ0v) is 13.7. The van der Waals surface area contributed by atoms with Crippen LogP contribution in [0.2, 0.25) is 0 Å². The van der Waals surface area contributed by atoms with E-state index in [4.69, 9.17) is 10.0 Å². The number of rotatable bonds is 5. The molecule has 3 rings (SSSR count). The van der Waals surface area contributed by atoms with Gasteiger partial charge in [0.2, 0.25) is 0 Å². The van der Waals surface area contributed by atoms with Gasteiger partial charge in [-0.15, -0.1) is 0 Å². The van der Waals surface area contributed by atoms with Gasteiger partial charge < -0.3 is 14.7 Å². The molecule has 0 heterocycles. The number of nitrogens with one attached hydrogen (secondary N) is 1. The Hall–Kier alpha value is -3.10. The van der Waals surface area contributed by atoms with Gasteiger partial charge in [-0.2, -0.15) is 8.42 Å². The van der Waals surface area contributed by atoms with Gasteiger partial charge in [-0.25, -0.2) is 4.79 Å². The topological polar surface area (TPSA) is 119 Å². The van der Waals surface area contributed by atoms with Crippen LogP contribution in [-0.4, -0.2) is 19.5 Å². The lowest BCUT2D eigenvalue weighted by Gasteiger charge is -2.13. The van der Waals surface area contributed by atoms with Crippen LogP contribution in [0.15, 0.2) is 65.6 Å². The number of para-hydroxylation sites is 2. The van der Waals surface area contributed by atoms with Crippen molar-refractivity contribution < 1.29 is 22.5 Å². The fourth-order valence-electron chi connectivity index (χ4n) is 2.43. The van der Waals surface area contributed by atoms with E-state index in [1.165, 1.54) is 12.1 Å². The summed E-state index contributed by atoms with van der Waals surface area (Å²) in [5.41, 5.74) is 2.49. The van der Waals surface area contributed by atoms with Crippen LogP contribution in [0.25, 0.3) is 10.8 Å². The predicted molar refractivity (Wildman–Crippen MR) is 93.0 cm³/mol. The molecule has 4 N–H and O–H groups in total. The molecule has 0 aromatic heterocycles. The third-order valence-corrected chi connectivity index (χ3v) is 4.86. The molecule has 0 bridgehead atoms. The summed E-state index contributed by atoms with van der Waals surface area (Å²) >= 11 is 0. The molecule has 0 fully saturated rings. The molecule has 0 aliphatic carbocycles. The van der Waals surface area contributed by atoms with E-state index in [1.54, 1.807) is 42.5 Å². The first-order valence-corrected chi connectivity index (χ1v) is 8.59. The number of aromatic carboxylic acids is 1. The monoisotopic (exact) mass is 358 g/mol. The van der Waals surface area contributed by atoms with Crippen molar-refractivity contribution in [3.8, 4) is 5.75 Å². The Kier molecular flexibility index (Phi) is 4.30. The van der Waals surface area contributed by atoms with Gasteiger partial charge in [0.15, 0.2) is 5.75 Å². The minimum absolute atomic E-state index is 0.00908. The number of anilines is 1. The van der Waals surface area contributed by atoms with E-state index in [0.717, 1.165) is 6.07 Å². The summed E-state index contributed by atoms with van der Waals surface area (Å²) in [7, 11) is -4.29. The molecule has 0 atom stereocenters. The molecule has 25 heavy (non-hydrogen) atoms. The smallest absolute Gasteiger partial charge is 0.339 e. The van der Waals surface area contributed by atoms with Crippen molar-refractivity contribution in [3.63, 3.8) is 0 Å². The van der Waals surface area contributed by atoms with E-state index < -0.39 is 16.1 Å². The number of benzene rings is 3. The number of fused-ring (bicyclic) bond motifs is 1. The first-order chi connectivity index (χ1) is 11.9. The predicted octanol–water partition coefficient (Wildman–Crippen LogP) is 2.59. The molecule has 3 aromatic rings. The average Bonchev–Trinajstić information content (AvgIpc) is 2.60. The Morgan fingerprint density at radius 1 is 1.04 bits per heavy atom. The standard InChI is InChI=1S/C17H14N2O5S/c18-19-14-7-3-4-8-15(14)24-25(22,23)16-10-12(17(20)21)9-11-5-1-2-6-13(11)16/h1-10,19H,18H2,(H,20,21). The lowest BCUT2D eigenvalue weighted by Crippen LogP contribution is -2.14. The highest BCUT2D eigenvalue weighted by molar-refractivity contribution is 7.87. The number of hydrazine groups is 1. The molecule has 8 heteroatoms. The molecule has 0 aliphatic heterocycles. The molecule has 3 aromatic carbocycles. The maximum Gasteiger partial charge on any atom is 0.339 e. The number of hydrogen-bond acceptors (Lipinski definition) is 6. The highest BCUT2D eigenvalue weighted by atomic mass is 32.2. The maximum absolute atomic E-state index is 12.8. The molecule has 0 unspecified atom stereocenters. The molecule has 0 amide bonds. The summed E-state index contributed by atoms with van der Waals surface area (Å²) in [6, 6.07) is 15.3. The fourth-order valence-corrected chi connectivity index (χ4v) is 3.63. The maximum atomic E-state index is 12.8. The van der Waals surface area contributed by atoms with Crippen molar-refractivity contribution in [2.45, 2.75) is 4.90 Å². The minimum Gasteiger partial charge on any atom is -0.478 e. The zero-order chi connectivity index (χ0) is 18.0. The van der Waals surface area contributed by atoms with E-state index in [2.05, 4.69) is 5.43 Å². The Morgan fingerprint density at radius 3 is 2.44 bits per heavy atom. The van der Waals surface area contributed by atoms with E-state index in [9.17, 15) is 18.3 Å². The van der Waals surface area contributed by atoms with Crippen LogP contribution in [0.4, 0.5) is 5.69 Å². The highest BCUT2D eigenvalue weighted by Gasteiger charge is 2.23. The normalized spacial score (nSPS) is 11.2. The molecule has 0 saturated carbocycles. The Balaban J connectivity index is 2.18. The van der Waals surface area contributed by atoms with Crippen molar-refractivity contribution in [1.29, 1.82) is 0 Å². The summed E-state index contributed by atoms with van der Waals surface area (Å²) in [6.07, 6.45) is 0. The van der Waals surface area contributed by atoms with Crippen molar-refractivity contribution in [2.75, 3.05) is 5.43 Å². The van der Waals surface area contributed by atoms with E-state index >= 15 is 0 Å². The van der Waals surface area contributed by atoms with Crippen LogP contribution in [0.1, 0.15) is 10.4 Å². The molecule has 7 nitrogen and oxygen atoms in total. The molecule has 0 radical (unpaired) electrons. The van der Waals surface area contributed by atoms with E-state index in [1.807, 2.05) is 0 Å². The Bertz CT molecular complexity index is 1060. The van der Waals surface area contributed by atoms with Gasteiger partial charge in [0.25, 0.3) is 0 Å². The highest BCUT2D eigenvalue weighted by Crippen LogP contribution is 2.30. The Labute approximate surface area is 143 Å². The summed E-state index contributed by atoms with van der Waals surface area (Å²) in [5, 5.41) is 10.1. The number of carboxylic acids is 1. The van der Waals surface area contributed by atoms with Gasteiger partial charge >= 0.3 is 16.1 Å². The lowest BCUT2D eigenvalue weighted by atomic mass is 10.1. The van der Waals surface area contributed by atoms with Gasteiger partial charge in [-0.1, -0.05) is 36.4 Å². The van der Waals surface area contributed by atoms with Crippen LogP contribution in [0.3, 0.4) is 0 Å². The molecular formula is C17H14N2O5S. The van der Waals surface area contributed by atoms with Crippen LogP contribution in [-0.2, 0) is 10.1 Å². The third-order valence-electron chi connectivity index (χ3n) is 3.58. The van der Waals surface area contributed by atoms with Crippen molar-refractivity contribution in [1.82, 2.24) is 0 Å². The number of carboxylic acid groups (broad SMARTS) is 1. The minimum atomic E-state index is -4.29. The molecule has 128 valence electrons. The lowest BCUT2D eigenvalue weighted by molar-refractivity contribution is 0.0697. The number of hydrogen-bond donors (Lipinski definition) is 3. The third kappa shape index (κ3) is 3.25. The molecule has 0 aliphatic rings. The average molecular weight is 358 g/mol. The second kappa shape index (κ2) is 6.42. The van der Waals surface area contributed by atoms with E-state index in [-0.39, 0.29) is 21.9 Å². The summed E-state index contributed by atoms with van der Waals surface area (Å²) < 4.78 is 30.7. The summed E-state index contributed by atoms with van der Waals surface area (Å²) in [5.74, 6) is 4.14. The van der Waals surface area contributed by atoms with Crippen LogP contribution >= 0.6 is 0 Å². The fraction of sp³-hybridized carbons (Fsp3) is 0. The second-order valence-electron chi connectivity index (χ2n) is 5.18. The Morgan fingerprint density at radius 2 is 1.72 bits per heavy atom. The van der Waals surface area contributed by atoms with Gasteiger partial charge in [0.1, 0.15) is 4.90 Å². The van der Waals surface area contributed by atoms with Gasteiger partial charge in [0, 0.05) is 5.39 Å². The van der Waals surface area contributed by atoms with Gasteiger partial charge in [-0.05, 0) is 29.7 Å². The van der Waals surface area contributed by atoms with Crippen LogP contribution in [0, 0.1) is 0 Å². The van der Waals surface area contributed by atoms with Gasteiger partial charge in [-0.3, -0.25) is 5.84 Å². The van der Waals surface area contributed by atoms with Crippen LogP contribution in [0.5, 0.6) is 5.75 Å². The second-order valence-corrected chi connectivity index (χ2v) is 6.69. The molecule has 0 spiro atoms. The summed E-state index contributed by atoms with van der Waals surface area (Å²) in [4.78, 5) is 11.1. The number of nitrogen functional groups attached to an aromatic ring is 1. The number of nitrogens with two attached hydrogens (primary N) is 1.